The number of pyridine rings is 1. The van der Waals surface area contributed by atoms with E-state index in [-0.39, 0.29) is 0 Å². The number of benzene rings is 3. The number of hydrogen-bond donors (Lipinski definition) is 1. The molecular formula is C24H14N4O2. The molecule has 2 aromatic heterocycles. The van der Waals surface area contributed by atoms with Gasteiger partial charge in [0.05, 0.1) is 34.4 Å². The second-order valence-electron chi connectivity index (χ2n) is 6.90. The number of H-pyrrole nitrogens is 1. The summed E-state index contributed by atoms with van der Waals surface area (Å²) in [4.78, 5) is 33.1. The van der Waals surface area contributed by atoms with Crippen LogP contribution in [-0.2, 0) is 0 Å². The maximum Gasteiger partial charge on any atom is 0.333 e. The summed E-state index contributed by atoms with van der Waals surface area (Å²) in [6.07, 6.45) is 3.22. The van der Waals surface area contributed by atoms with Crippen LogP contribution >= 0.6 is 0 Å². The van der Waals surface area contributed by atoms with Crippen LogP contribution in [-0.4, -0.2) is 14.5 Å². The Balaban J connectivity index is 1.72. The number of aromatic amines is 1. The molecule has 1 N–H and O–H groups in total. The number of fused-ring (bicyclic) bond motifs is 2. The van der Waals surface area contributed by atoms with Gasteiger partial charge in [0.2, 0.25) is 0 Å². The number of nitrogens with zero attached hydrogens (tertiary/aromatic N) is 3. The van der Waals surface area contributed by atoms with Gasteiger partial charge in [-0.25, -0.2) is 9.36 Å². The number of nitriles is 1. The molecule has 0 spiro atoms. The Morgan fingerprint density at radius 3 is 2.43 bits per heavy atom. The van der Waals surface area contributed by atoms with Gasteiger partial charge in [0, 0.05) is 17.0 Å². The van der Waals surface area contributed by atoms with Crippen molar-refractivity contribution in [3.8, 4) is 22.9 Å². The largest absolute Gasteiger partial charge is 0.333 e. The van der Waals surface area contributed by atoms with Crippen molar-refractivity contribution in [2.24, 2.45) is 0 Å². The summed E-state index contributed by atoms with van der Waals surface area (Å²) in [5, 5.41) is 11.0. The van der Waals surface area contributed by atoms with E-state index in [1.165, 1.54) is 6.20 Å². The predicted octanol–water partition coefficient (Wildman–Crippen LogP) is 3.77. The summed E-state index contributed by atoms with van der Waals surface area (Å²) in [5.74, 6) is 0. The van der Waals surface area contributed by atoms with Crippen molar-refractivity contribution >= 4 is 21.7 Å². The van der Waals surface area contributed by atoms with Crippen molar-refractivity contribution in [2.45, 2.75) is 0 Å². The van der Waals surface area contributed by atoms with Crippen molar-refractivity contribution < 1.29 is 0 Å². The van der Waals surface area contributed by atoms with Gasteiger partial charge in [-0.1, -0.05) is 42.5 Å². The Hall–Kier alpha value is -4.50. The minimum absolute atomic E-state index is 0.403. The molecule has 0 bridgehead atoms. The molecule has 5 rings (SSSR count). The van der Waals surface area contributed by atoms with Gasteiger partial charge in [-0.2, -0.15) is 5.26 Å². The van der Waals surface area contributed by atoms with Crippen molar-refractivity contribution in [2.75, 3.05) is 0 Å². The third-order valence-electron chi connectivity index (χ3n) is 5.13. The molecular weight excluding hydrogens is 376 g/mol. The number of nitrogens with one attached hydrogen (secondary N) is 1. The molecule has 0 unspecified atom stereocenters. The average molecular weight is 390 g/mol. The smallest absolute Gasteiger partial charge is 0.306 e. The molecule has 0 radical (unpaired) electrons. The van der Waals surface area contributed by atoms with Gasteiger partial charge >= 0.3 is 5.69 Å². The van der Waals surface area contributed by atoms with Gasteiger partial charge in [0.15, 0.2) is 0 Å². The van der Waals surface area contributed by atoms with Crippen molar-refractivity contribution in [3.05, 3.63) is 106 Å². The molecule has 142 valence electrons. The molecule has 0 atom stereocenters. The van der Waals surface area contributed by atoms with E-state index in [0.29, 0.717) is 22.2 Å². The summed E-state index contributed by atoms with van der Waals surface area (Å²) < 4.78 is 1.12. The van der Waals surface area contributed by atoms with E-state index in [2.05, 4.69) is 16.0 Å². The summed E-state index contributed by atoms with van der Waals surface area (Å²) in [6.45, 7) is 0. The van der Waals surface area contributed by atoms with Crippen LogP contribution in [0.1, 0.15) is 5.56 Å². The molecule has 6 nitrogen and oxygen atoms in total. The van der Waals surface area contributed by atoms with E-state index < -0.39 is 11.2 Å². The van der Waals surface area contributed by atoms with Crippen LogP contribution in [0.15, 0.2) is 88.7 Å². The van der Waals surface area contributed by atoms with E-state index >= 15 is 0 Å². The standard InChI is InChI=1S/C24H14N4O2/c25-12-15-5-7-16(8-6-15)17-9-10-20-21(11-17)27-24(30)28(23(20)29)22-14-26-13-18-3-1-2-4-19(18)22/h1-11,13-14H,(H,27,30). The van der Waals surface area contributed by atoms with Gasteiger partial charge in [0.1, 0.15) is 0 Å². The molecule has 3 aromatic carbocycles. The Kier molecular flexibility index (Phi) is 4.01. The minimum Gasteiger partial charge on any atom is -0.306 e. The first-order chi connectivity index (χ1) is 14.7. The van der Waals surface area contributed by atoms with Gasteiger partial charge in [-0.3, -0.25) is 9.78 Å². The molecule has 0 aliphatic rings. The lowest BCUT2D eigenvalue weighted by atomic mass is 10.0. The van der Waals surface area contributed by atoms with Gasteiger partial charge in [-0.15, -0.1) is 0 Å². The third-order valence-corrected chi connectivity index (χ3v) is 5.13. The highest BCUT2D eigenvalue weighted by Crippen LogP contribution is 2.23. The highest BCUT2D eigenvalue weighted by atomic mass is 16.2. The lowest BCUT2D eigenvalue weighted by molar-refractivity contribution is 0.902. The van der Waals surface area contributed by atoms with Crippen LogP contribution in [0.4, 0.5) is 0 Å². The Morgan fingerprint density at radius 1 is 0.867 bits per heavy atom. The van der Waals surface area contributed by atoms with Crippen molar-refractivity contribution in [3.63, 3.8) is 0 Å². The molecule has 2 heterocycles. The Morgan fingerprint density at radius 2 is 1.63 bits per heavy atom. The Bertz CT molecular complexity index is 1580. The molecule has 0 aliphatic carbocycles. The number of aromatic nitrogens is 3. The normalized spacial score (nSPS) is 10.9. The molecule has 0 fully saturated rings. The SMILES string of the molecule is N#Cc1ccc(-c2ccc3c(=O)n(-c4cncc5ccccc45)c(=O)[nH]c3c2)cc1. The minimum atomic E-state index is -0.525. The summed E-state index contributed by atoms with van der Waals surface area (Å²) in [6, 6.07) is 22.0. The van der Waals surface area contributed by atoms with Crippen LogP contribution in [0.5, 0.6) is 0 Å². The zero-order valence-electron chi connectivity index (χ0n) is 15.7. The second-order valence-corrected chi connectivity index (χ2v) is 6.90. The predicted molar refractivity (Wildman–Crippen MR) is 116 cm³/mol. The summed E-state index contributed by atoms with van der Waals surface area (Å²) in [7, 11) is 0. The maximum atomic E-state index is 13.2. The average Bonchev–Trinajstić information content (AvgIpc) is 2.79. The molecule has 30 heavy (non-hydrogen) atoms. The van der Waals surface area contributed by atoms with Crippen LogP contribution in [0.3, 0.4) is 0 Å². The zero-order valence-corrected chi connectivity index (χ0v) is 15.7. The van der Waals surface area contributed by atoms with E-state index in [1.807, 2.05) is 42.5 Å². The summed E-state index contributed by atoms with van der Waals surface area (Å²) in [5.41, 5.74) is 2.26. The first kappa shape index (κ1) is 17.6. The monoisotopic (exact) mass is 390 g/mol. The molecule has 6 heteroatoms. The van der Waals surface area contributed by atoms with E-state index in [4.69, 9.17) is 5.26 Å². The van der Waals surface area contributed by atoms with Crippen molar-refractivity contribution in [1.82, 2.24) is 14.5 Å². The number of hydrogen-bond acceptors (Lipinski definition) is 4. The summed E-state index contributed by atoms with van der Waals surface area (Å²) >= 11 is 0. The zero-order chi connectivity index (χ0) is 20.7. The lowest BCUT2D eigenvalue weighted by Gasteiger charge is -2.10. The molecule has 0 saturated heterocycles. The fraction of sp³-hybridized carbons (Fsp3) is 0. The molecule has 0 aliphatic heterocycles. The van der Waals surface area contributed by atoms with Crippen LogP contribution < -0.4 is 11.2 Å². The quantitative estimate of drug-likeness (QED) is 0.497. The lowest BCUT2D eigenvalue weighted by Crippen LogP contribution is -2.33. The van der Waals surface area contributed by atoms with Gasteiger partial charge in [-0.05, 0) is 35.4 Å². The van der Waals surface area contributed by atoms with Gasteiger partial charge < -0.3 is 4.98 Å². The topological polar surface area (TPSA) is 91.5 Å². The molecule has 5 aromatic rings. The first-order valence-electron chi connectivity index (χ1n) is 9.28. The molecule has 0 saturated carbocycles. The maximum absolute atomic E-state index is 13.2. The highest BCUT2D eigenvalue weighted by molar-refractivity contribution is 5.90. The van der Waals surface area contributed by atoms with Crippen LogP contribution in [0.2, 0.25) is 0 Å². The Labute approximate surface area is 170 Å². The van der Waals surface area contributed by atoms with E-state index in [9.17, 15) is 9.59 Å². The fourth-order valence-electron chi connectivity index (χ4n) is 3.63. The third kappa shape index (κ3) is 2.77. The number of rotatable bonds is 2. The fourth-order valence-corrected chi connectivity index (χ4v) is 3.63. The van der Waals surface area contributed by atoms with E-state index in [1.54, 1.807) is 30.5 Å². The van der Waals surface area contributed by atoms with Crippen molar-refractivity contribution in [1.29, 1.82) is 5.26 Å². The second kappa shape index (κ2) is 6.83. The van der Waals surface area contributed by atoms with E-state index in [0.717, 1.165) is 26.5 Å². The van der Waals surface area contributed by atoms with Crippen LogP contribution in [0, 0.1) is 11.3 Å². The first-order valence-corrected chi connectivity index (χ1v) is 9.28. The van der Waals surface area contributed by atoms with Crippen LogP contribution in [0.25, 0.3) is 38.5 Å². The molecule has 0 amide bonds. The van der Waals surface area contributed by atoms with Gasteiger partial charge in [0.25, 0.3) is 5.56 Å². The highest BCUT2D eigenvalue weighted by Gasteiger charge is 2.13.